The zero-order valence-corrected chi connectivity index (χ0v) is 14.5. The van der Waals surface area contributed by atoms with Crippen molar-refractivity contribution in [3.8, 4) is 0 Å². The average Bonchev–Trinajstić information content (AvgIpc) is 2.76. The lowest BCUT2D eigenvalue weighted by Gasteiger charge is -2.28. The first-order chi connectivity index (χ1) is 10.2. The molecular weight excluding hydrogens is 325 g/mol. The number of nitrogens with zero attached hydrogens (tertiary/aromatic N) is 2. The molecule has 1 N–H and O–H groups in total. The summed E-state index contributed by atoms with van der Waals surface area (Å²) in [5.41, 5.74) is 1.48. The fraction of sp³-hybridized carbons (Fsp3) is 0.308. The summed E-state index contributed by atoms with van der Waals surface area (Å²) in [6.45, 7) is 4.85. The van der Waals surface area contributed by atoms with Gasteiger partial charge in [0, 0.05) is 19.8 Å². The minimum Gasteiger partial charge on any atom is -0.332 e. The van der Waals surface area contributed by atoms with Crippen LogP contribution < -0.4 is 4.49 Å². The SMILES string of the molecule is COP1(NS(=O)(=O)c2ccc(C)cc2)=CC(C)=NN1C(C)=O. The normalized spacial score (nSPS) is 21.5. The van der Waals surface area contributed by atoms with Crippen LogP contribution >= 0.6 is 7.41 Å². The van der Waals surface area contributed by atoms with Crippen LogP contribution in [-0.4, -0.2) is 37.7 Å². The smallest absolute Gasteiger partial charge is 0.246 e. The molecule has 0 fully saturated rings. The van der Waals surface area contributed by atoms with E-state index in [2.05, 4.69) is 9.59 Å². The molecule has 1 aliphatic heterocycles. The van der Waals surface area contributed by atoms with E-state index in [9.17, 15) is 13.2 Å². The second-order valence-corrected chi connectivity index (χ2v) is 9.35. The molecule has 1 aromatic carbocycles. The van der Waals surface area contributed by atoms with Crippen LogP contribution in [0.4, 0.5) is 0 Å². The number of nitrogens with one attached hydrogen (secondary N) is 1. The van der Waals surface area contributed by atoms with E-state index in [0.717, 1.165) is 10.3 Å². The van der Waals surface area contributed by atoms with Crippen molar-refractivity contribution in [3.05, 3.63) is 29.8 Å². The highest BCUT2D eigenvalue weighted by atomic mass is 32.2. The quantitative estimate of drug-likeness (QED) is 0.843. The molecule has 1 aliphatic rings. The lowest BCUT2D eigenvalue weighted by atomic mass is 10.2. The molecule has 22 heavy (non-hydrogen) atoms. The molecule has 2 rings (SSSR count). The number of sulfonamides is 1. The molecule has 9 heteroatoms. The highest BCUT2D eigenvalue weighted by Gasteiger charge is 2.37. The highest BCUT2D eigenvalue weighted by Crippen LogP contribution is 2.51. The summed E-state index contributed by atoms with van der Waals surface area (Å²) in [6.07, 6.45) is 0. The number of amides is 1. The van der Waals surface area contributed by atoms with Crippen molar-refractivity contribution in [2.75, 3.05) is 7.11 Å². The number of rotatable bonds is 4. The second kappa shape index (κ2) is 5.96. The van der Waals surface area contributed by atoms with Crippen LogP contribution in [0.25, 0.3) is 0 Å². The lowest BCUT2D eigenvalue weighted by Crippen LogP contribution is -2.31. The van der Waals surface area contributed by atoms with Gasteiger partial charge in [-0.15, -0.1) is 4.49 Å². The molecule has 1 aromatic rings. The third-order valence-corrected chi connectivity index (χ3v) is 8.15. The summed E-state index contributed by atoms with van der Waals surface area (Å²) in [5.74, 6) is 1.16. The Morgan fingerprint density at radius 1 is 1.27 bits per heavy atom. The first kappa shape index (κ1) is 16.9. The molecule has 1 unspecified atom stereocenters. The number of aryl methyl sites for hydroxylation is 1. The fourth-order valence-electron chi connectivity index (χ4n) is 2.00. The number of hydrazone groups is 1. The van der Waals surface area contributed by atoms with Gasteiger partial charge >= 0.3 is 0 Å². The third kappa shape index (κ3) is 3.15. The summed E-state index contributed by atoms with van der Waals surface area (Å²) in [5, 5.41) is 4.05. The van der Waals surface area contributed by atoms with Gasteiger partial charge in [0.25, 0.3) is 0 Å². The molecular formula is C13H18N3O4PS. The molecule has 0 spiro atoms. The zero-order chi connectivity index (χ0) is 16.5. The third-order valence-electron chi connectivity index (χ3n) is 3.04. The maximum Gasteiger partial charge on any atom is 0.246 e. The van der Waals surface area contributed by atoms with Gasteiger partial charge in [-0.3, -0.25) is 4.79 Å². The largest absolute Gasteiger partial charge is 0.332 e. The Hall–Kier alpha value is -1.47. The van der Waals surface area contributed by atoms with Crippen molar-refractivity contribution in [1.82, 2.24) is 9.27 Å². The van der Waals surface area contributed by atoms with E-state index in [1.54, 1.807) is 24.9 Å². The Kier molecular flexibility index (Phi) is 4.58. The van der Waals surface area contributed by atoms with Crippen LogP contribution in [0.2, 0.25) is 0 Å². The van der Waals surface area contributed by atoms with Crippen LogP contribution in [0, 0.1) is 6.92 Å². The fourth-order valence-corrected chi connectivity index (χ4v) is 6.74. The molecule has 1 atom stereocenters. The van der Waals surface area contributed by atoms with Gasteiger partial charge in [0.05, 0.1) is 10.6 Å². The van der Waals surface area contributed by atoms with Gasteiger partial charge in [-0.1, -0.05) is 17.7 Å². The van der Waals surface area contributed by atoms with Crippen molar-refractivity contribution in [1.29, 1.82) is 0 Å². The molecule has 0 saturated heterocycles. The molecule has 120 valence electrons. The van der Waals surface area contributed by atoms with E-state index in [1.807, 2.05) is 6.92 Å². The monoisotopic (exact) mass is 343 g/mol. The lowest BCUT2D eigenvalue weighted by molar-refractivity contribution is -0.124. The maximum atomic E-state index is 12.6. The molecule has 1 amide bonds. The second-order valence-electron chi connectivity index (χ2n) is 4.89. The van der Waals surface area contributed by atoms with Crippen molar-refractivity contribution < 1.29 is 17.7 Å². The number of carbonyl (C=O) groups excluding carboxylic acids is 1. The zero-order valence-electron chi connectivity index (χ0n) is 12.8. The Morgan fingerprint density at radius 2 is 1.86 bits per heavy atom. The van der Waals surface area contributed by atoms with Crippen LogP contribution in [0.5, 0.6) is 0 Å². The van der Waals surface area contributed by atoms with Gasteiger partial charge in [0.15, 0.2) is 7.41 Å². The molecule has 7 nitrogen and oxygen atoms in total. The van der Waals surface area contributed by atoms with Crippen molar-refractivity contribution in [2.24, 2.45) is 5.10 Å². The summed E-state index contributed by atoms with van der Waals surface area (Å²) in [4.78, 5) is 11.9. The highest BCUT2D eigenvalue weighted by molar-refractivity contribution is 7.97. The predicted molar refractivity (Wildman–Crippen MR) is 87.1 cm³/mol. The maximum absolute atomic E-state index is 12.6. The van der Waals surface area contributed by atoms with E-state index in [4.69, 9.17) is 4.52 Å². The summed E-state index contributed by atoms with van der Waals surface area (Å²) in [6, 6.07) is 6.42. The van der Waals surface area contributed by atoms with Gasteiger partial charge in [0.1, 0.15) is 0 Å². The van der Waals surface area contributed by atoms with Gasteiger partial charge in [-0.2, -0.15) is 9.88 Å². The Balaban J connectivity index is 2.44. The minimum atomic E-state index is -3.84. The molecule has 0 aromatic heterocycles. The molecule has 1 heterocycles. The molecule has 0 saturated carbocycles. The molecule has 0 bridgehead atoms. The van der Waals surface area contributed by atoms with E-state index >= 15 is 0 Å². The Labute approximate surface area is 130 Å². The van der Waals surface area contributed by atoms with E-state index < -0.39 is 23.3 Å². The Bertz CT molecular complexity index is 784. The van der Waals surface area contributed by atoms with E-state index in [0.29, 0.717) is 5.71 Å². The van der Waals surface area contributed by atoms with E-state index in [-0.39, 0.29) is 4.90 Å². The topological polar surface area (TPSA) is 88.1 Å². The van der Waals surface area contributed by atoms with Gasteiger partial charge in [-0.05, 0) is 26.0 Å². The minimum absolute atomic E-state index is 0.107. The first-order valence-electron chi connectivity index (χ1n) is 6.48. The van der Waals surface area contributed by atoms with Gasteiger partial charge < -0.3 is 4.52 Å². The van der Waals surface area contributed by atoms with Crippen LogP contribution in [-0.2, 0) is 19.3 Å². The molecule has 0 aliphatic carbocycles. The average molecular weight is 343 g/mol. The summed E-state index contributed by atoms with van der Waals surface area (Å²) in [7, 11) is -5.52. The number of hydrogen-bond donors (Lipinski definition) is 1. The number of hydrogen-bond acceptors (Lipinski definition) is 5. The van der Waals surface area contributed by atoms with Crippen molar-refractivity contribution in [2.45, 2.75) is 25.7 Å². The Morgan fingerprint density at radius 3 is 2.36 bits per heavy atom. The van der Waals surface area contributed by atoms with Crippen LogP contribution in [0.3, 0.4) is 0 Å². The number of carbonyl (C=O) groups is 1. The molecule has 0 radical (unpaired) electrons. The van der Waals surface area contributed by atoms with Crippen molar-refractivity contribution >= 4 is 34.9 Å². The van der Waals surface area contributed by atoms with Gasteiger partial charge in [0.2, 0.25) is 15.9 Å². The van der Waals surface area contributed by atoms with Crippen molar-refractivity contribution in [3.63, 3.8) is 0 Å². The van der Waals surface area contributed by atoms with Gasteiger partial charge in [-0.25, -0.2) is 8.42 Å². The van der Waals surface area contributed by atoms with Crippen LogP contribution in [0.1, 0.15) is 19.4 Å². The first-order valence-corrected chi connectivity index (χ1v) is 9.69. The summed E-state index contributed by atoms with van der Waals surface area (Å²) < 4.78 is 34.1. The standard InChI is InChI=1S/C13H18N3O4PS/c1-10-5-7-13(8-6-10)22(18,19)15-21(20-4)9-11(2)14-16(21)12(3)17/h5-9,15H,1-4H3. The summed E-state index contributed by atoms with van der Waals surface area (Å²) >= 11 is 0. The number of benzene rings is 1. The van der Waals surface area contributed by atoms with E-state index in [1.165, 1.54) is 26.2 Å². The predicted octanol–water partition coefficient (Wildman–Crippen LogP) is 1.72. The van der Waals surface area contributed by atoms with Crippen LogP contribution in [0.15, 0.2) is 34.3 Å².